The molecule has 108 valence electrons. The van der Waals surface area contributed by atoms with E-state index in [-0.39, 0.29) is 5.54 Å². The third-order valence-corrected chi connectivity index (χ3v) is 4.26. The Hall–Kier alpha value is -0.860. The van der Waals surface area contributed by atoms with E-state index in [4.69, 9.17) is 5.73 Å². The molecule has 0 amide bonds. The third-order valence-electron chi connectivity index (χ3n) is 4.26. The summed E-state index contributed by atoms with van der Waals surface area (Å²) in [6, 6.07) is 9.00. The highest BCUT2D eigenvalue weighted by Crippen LogP contribution is 2.21. The number of benzene rings is 1. The minimum Gasteiger partial charge on any atom is -0.329 e. The Morgan fingerprint density at radius 3 is 2.05 bits per heavy atom. The van der Waals surface area contributed by atoms with Gasteiger partial charge in [0, 0.05) is 18.6 Å². The van der Waals surface area contributed by atoms with Gasteiger partial charge in [-0.25, -0.2) is 0 Å². The first-order valence-electron chi connectivity index (χ1n) is 7.62. The smallest absolute Gasteiger partial charge is 0.0304 e. The van der Waals surface area contributed by atoms with E-state index < -0.39 is 0 Å². The zero-order chi connectivity index (χ0) is 14.3. The SMILES string of the molecule is CCCN(Cc1ccc(CC)cc1)C(C)(CC)CN. The summed E-state index contributed by atoms with van der Waals surface area (Å²) >= 11 is 0. The van der Waals surface area contributed by atoms with Gasteiger partial charge in [-0.3, -0.25) is 4.90 Å². The molecule has 0 saturated heterocycles. The van der Waals surface area contributed by atoms with Gasteiger partial charge < -0.3 is 5.73 Å². The highest BCUT2D eigenvalue weighted by Gasteiger charge is 2.27. The molecule has 19 heavy (non-hydrogen) atoms. The lowest BCUT2D eigenvalue weighted by Crippen LogP contribution is -2.51. The van der Waals surface area contributed by atoms with Crippen molar-refractivity contribution in [1.82, 2.24) is 4.90 Å². The molecule has 2 nitrogen and oxygen atoms in total. The summed E-state index contributed by atoms with van der Waals surface area (Å²) < 4.78 is 0. The van der Waals surface area contributed by atoms with E-state index in [1.165, 1.54) is 17.5 Å². The van der Waals surface area contributed by atoms with Gasteiger partial charge in [-0.15, -0.1) is 0 Å². The molecule has 2 N–H and O–H groups in total. The molecule has 0 aliphatic carbocycles. The minimum atomic E-state index is 0.111. The van der Waals surface area contributed by atoms with E-state index in [1.807, 2.05) is 0 Å². The van der Waals surface area contributed by atoms with Crippen LogP contribution in [0.5, 0.6) is 0 Å². The molecule has 0 heterocycles. The number of aryl methyl sites for hydroxylation is 1. The van der Waals surface area contributed by atoms with Crippen LogP contribution < -0.4 is 5.73 Å². The Bertz CT molecular complexity index is 352. The van der Waals surface area contributed by atoms with Crippen LogP contribution >= 0.6 is 0 Å². The topological polar surface area (TPSA) is 29.3 Å². The van der Waals surface area contributed by atoms with Crippen molar-refractivity contribution >= 4 is 0 Å². The Kier molecular flexibility index (Phi) is 6.53. The molecule has 1 aromatic rings. The van der Waals surface area contributed by atoms with Gasteiger partial charge in [-0.05, 0) is 43.9 Å². The van der Waals surface area contributed by atoms with Crippen LogP contribution in [-0.4, -0.2) is 23.5 Å². The number of hydrogen-bond acceptors (Lipinski definition) is 2. The van der Waals surface area contributed by atoms with Gasteiger partial charge in [0.25, 0.3) is 0 Å². The van der Waals surface area contributed by atoms with Crippen LogP contribution in [0.2, 0.25) is 0 Å². The fourth-order valence-corrected chi connectivity index (χ4v) is 2.41. The number of rotatable bonds is 8. The average molecular weight is 262 g/mol. The summed E-state index contributed by atoms with van der Waals surface area (Å²) in [6.07, 6.45) is 3.37. The molecular weight excluding hydrogens is 232 g/mol. The minimum absolute atomic E-state index is 0.111. The van der Waals surface area contributed by atoms with Gasteiger partial charge in [0.2, 0.25) is 0 Å². The maximum atomic E-state index is 6.01. The Labute approximate surface area is 119 Å². The van der Waals surface area contributed by atoms with Crippen LogP contribution in [0.25, 0.3) is 0 Å². The quantitative estimate of drug-likeness (QED) is 0.776. The molecule has 0 aliphatic heterocycles. The monoisotopic (exact) mass is 262 g/mol. The molecule has 0 aromatic heterocycles. The van der Waals surface area contributed by atoms with Crippen molar-refractivity contribution in [2.45, 2.75) is 59.0 Å². The Morgan fingerprint density at radius 2 is 1.63 bits per heavy atom. The first-order chi connectivity index (χ1) is 9.09. The summed E-state index contributed by atoms with van der Waals surface area (Å²) in [4.78, 5) is 2.54. The second-order valence-corrected chi connectivity index (χ2v) is 5.65. The molecule has 1 aromatic carbocycles. The van der Waals surface area contributed by atoms with Gasteiger partial charge in [-0.2, -0.15) is 0 Å². The molecule has 0 bridgehead atoms. The summed E-state index contributed by atoms with van der Waals surface area (Å²) in [5.74, 6) is 0. The van der Waals surface area contributed by atoms with Crippen molar-refractivity contribution in [1.29, 1.82) is 0 Å². The highest BCUT2D eigenvalue weighted by atomic mass is 15.2. The van der Waals surface area contributed by atoms with Gasteiger partial charge in [0.15, 0.2) is 0 Å². The van der Waals surface area contributed by atoms with E-state index in [0.29, 0.717) is 0 Å². The van der Waals surface area contributed by atoms with Crippen LogP contribution in [0, 0.1) is 0 Å². The van der Waals surface area contributed by atoms with Crippen LogP contribution in [-0.2, 0) is 13.0 Å². The second-order valence-electron chi connectivity index (χ2n) is 5.65. The molecular formula is C17H30N2. The first kappa shape index (κ1) is 16.2. The van der Waals surface area contributed by atoms with Crippen molar-refractivity contribution in [2.24, 2.45) is 5.73 Å². The summed E-state index contributed by atoms with van der Waals surface area (Å²) in [5.41, 5.74) is 8.91. The average Bonchev–Trinajstić information content (AvgIpc) is 2.46. The van der Waals surface area contributed by atoms with E-state index >= 15 is 0 Å². The van der Waals surface area contributed by atoms with Crippen molar-refractivity contribution in [3.63, 3.8) is 0 Å². The zero-order valence-corrected chi connectivity index (χ0v) is 13.1. The van der Waals surface area contributed by atoms with Crippen molar-refractivity contribution in [3.8, 4) is 0 Å². The maximum Gasteiger partial charge on any atom is 0.0304 e. The first-order valence-corrected chi connectivity index (χ1v) is 7.62. The predicted octanol–water partition coefficient (Wildman–Crippen LogP) is 3.59. The molecule has 2 heteroatoms. The summed E-state index contributed by atoms with van der Waals surface area (Å²) in [5, 5.41) is 0. The lowest BCUT2D eigenvalue weighted by Gasteiger charge is -2.40. The van der Waals surface area contributed by atoms with Crippen LogP contribution in [0.4, 0.5) is 0 Å². The Morgan fingerprint density at radius 1 is 1.05 bits per heavy atom. The molecule has 0 fully saturated rings. The number of hydrogen-bond donors (Lipinski definition) is 1. The molecule has 0 spiro atoms. The number of nitrogens with two attached hydrogens (primary N) is 1. The van der Waals surface area contributed by atoms with Gasteiger partial charge in [-0.1, -0.05) is 45.0 Å². The van der Waals surface area contributed by atoms with Crippen LogP contribution in [0.15, 0.2) is 24.3 Å². The summed E-state index contributed by atoms with van der Waals surface area (Å²) in [6.45, 7) is 11.8. The molecule has 0 saturated carbocycles. The third kappa shape index (κ3) is 4.32. The predicted molar refractivity (Wildman–Crippen MR) is 84.3 cm³/mol. The summed E-state index contributed by atoms with van der Waals surface area (Å²) in [7, 11) is 0. The van der Waals surface area contributed by atoms with E-state index in [2.05, 4.69) is 56.9 Å². The van der Waals surface area contributed by atoms with Gasteiger partial charge in [0.1, 0.15) is 0 Å². The van der Waals surface area contributed by atoms with E-state index in [0.717, 1.165) is 32.5 Å². The zero-order valence-electron chi connectivity index (χ0n) is 13.1. The normalized spacial score (nSPS) is 14.6. The fourth-order valence-electron chi connectivity index (χ4n) is 2.41. The molecule has 0 aliphatic rings. The molecule has 1 atom stereocenters. The van der Waals surface area contributed by atoms with Crippen molar-refractivity contribution < 1.29 is 0 Å². The lowest BCUT2D eigenvalue weighted by atomic mass is 9.95. The molecule has 1 rings (SSSR count). The van der Waals surface area contributed by atoms with E-state index in [9.17, 15) is 0 Å². The van der Waals surface area contributed by atoms with E-state index in [1.54, 1.807) is 0 Å². The molecule has 1 unspecified atom stereocenters. The second kappa shape index (κ2) is 7.66. The largest absolute Gasteiger partial charge is 0.329 e. The van der Waals surface area contributed by atoms with Crippen molar-refractivity contribution in [3.05, 3.63) is 35.4 Å². The lowest BCUT2D eigenvalue weighted by molar-refractivity contribution is 0.0973. The van der Waals surface area contributed by atoms with Gasteiger partial charge in [0.05, 0.1) is 0 Å². The molecule has 0 radical (unpaired) electrons. The maximum absolute atomic E-state index is 6.01. The van der Waals surface area contributed by atoms with Crippen LogP contribution in [0.1, 0.15) is 51.7 Å². The standard InChI is InChI=1S/C17H30N2/c1-5-12-19(17(4,7-3)14-18)13-16-10-8-15(6-2)9-11-16/h8-11H,5-7,12-14,18H2,1-4H3. The van der Waals surface area contributed by atoms with Crippen LogP contribution in [0.3, 0.4) is 0 Å². The van der Waals surface area contributed by atoms with Gasteiger partial charge >= 0.3 is 0 Å². The van der Waals surface area contributed by atoms with Crippen molar-refractivity contribution in [2.75, 3.05) is 13.1 Å². The Balaban J connectivity index is 2.82. The highest BCUT2D eigenvalue weighted by molar-refractivity contribution is 5.22. The fraction of sp³-hybridized carbons (Fsp3) is 0.647. The number of nitrogens with zero attached hydrogens (tertiary/aromatic N) is 1.